The van der Waals surface area contributed by atoms with Crippen molar-refractivity contribution in [3.05, 3.63) is 34.9 Å². The summed E-state index contributed by atoms with van der Waals surface area (Å²) < 4.78 is 0. The van der Waals surface area contributed by atoms with Crippen LogP contribution in [0.2, 0.25) is 5.02 Å². The summed E-state index contributed by atoms with van der Waals surface area (Å²) in [6, 6.07) is 8.20. The molecule has 0 radical (unpaired) electrons. The Kier molecular flexibility index (Phi) is 3.40. The Balaban J connectivity index is 1.96. The van der Waals surface area contributed by atoms with Crippen LogP contribution in [0.4, 0.5) is 0 Å². The summed E-state index contributed by atoms with van der Waals surface area (Å²) in [7, 11) is 0. The Bertz CT molecular complexity index is 460. The number of benzene rings is 1. The second-order valence-corrected chi connectivity index (χ2v) is 5.72. The van der Waals surface area contributed by atoms with E-state index >= 15 is 0 Å². The second kappa shape index (κ2) is 5.02. The quantitative estimate of drug-likeness (QED) is 0.775. The van der Waals surface area contributed by atoms with Crippen LogP contribution in [0.1, 0.15) is 37.2 Å². The molecule has 0 saturated carbocycles. The maximum atomic E-state index is 12.3. The first kappa shape index (κ1) is 12.2. The van der Waals surface area contributed by atoms with E-state index in [-0.39, 0.29) is 5.92 Å². The van der Waals surface area contributed by atoms with E-state index in [1.807, 2.05) is 24.3 Å². The third kappa shape index (κ3) is 2.08. The Morgan fingerprint density at radius 3 is 2.83 bits per heavy atom. The third-order valence-corrected chi connectivity index (χ3v) is 4.63. The van der Waals surface area contributed by atoms with Crippen molar-refractivity contribution in [1.29, 1.82) is 0 Å². The Morgan fingerprint density at radius 1 is 1.17 bits per heavy atom. The molecular formula is C15H18ClNO. The number of piperidine rings is 2. The third-order valence-electron chi connectivity index (χ3n) is 4.28. The van der Waals surface area contributed by atoms with E-state index < -0.39 is 0 Å². The number of halogens is 1. The molecule has 2 heterocycles. The van der Waals surface area contributed by atoms with Crippen LogP contribution < -0.4 is 0 Å². The fourth-order valence-corrected chi connectivity index (χ4v) is 3.66. The minimum atomic E-state index is -0.00671. The van der Waals surface area contributed by atoms with Crippen molar-refractivity contribution in [2.24, 2.45) is 0 Å². The number of carbonyl (C=O) groups is 1. The van der Waals surface area contributed by atoms with Crippen LogP contribution in [0.5, 0.6) is 0 Å². The van der Waals surface area contributed by atoms with Crippen molar-refractivity contribution in [1.82, 2.24) is 4.90 Å². The normalized spacial score (nSPS) is 29.1. The summed E-state index contributed by atoms with van der Waals surface area (Å²) in [6.45, 7) is 2.07. The first-order valence-electron chi connectivity index (χ1n) is 6.78. The van der Waals surface area contributed by atoms with Gasteiger partial charge < -0.3 is 0 Å². The maximum absolute atomic E-state index is 12.3. The smallest absolute Gasteiger partial charge is 0.143 e. The maximum Gasteiger partial charge on any atom is 0.143 e. The van der Waals surface area contributed by atoms with Crippen molar-refractivity contribution < 1.29 is 4.79 Å². The minimum Gasteiger partial charge on any atom is -0.299 e. The number of Topliss-reactive ketones (excluding diaryl/α,β-unsaturated/α-hetero) is 1. The van der Waals surface area contributed by atoms with E-state index in [1.165, 1.54) is 12.8 Å². The van der Waals surface area contributed by atoms with E-state index in [2.05, 4.69) is 4.90 Å². The van der Waals surface area contributed by atoms with Gasteiger partial charge in [0.05, 0.1) is 5.92 Å². The number of ketones is 1. The summed E-state index contributed by atoms with van der Waals surface area (Å²) in [4.78, 5) is 14.8. The molecule has 2 fully saturated rings. The Hall–Kier alpha value is -0.860. The molecular weight excluding hydrogens is 246 g/mol. The zero-order valence-corrected chi connectivity index (χ0v) is 11.2. The summed E-state index contributed by atoms with van der Waals surface area (Å²) in [5, 5.41) is 0.739. The van der Waals surface area contributed by atoms with Gasteiger partial charge in [-0.25, -0.2) is 0 Å². The van der Waals surface area contributed by atoms with Gasteiger partial charge in [0.15, 0.2) is 0 Å². The van der Waals surface area contributed by atoms with Crippen molar-refractivity contribution in [3.8, 4) is 0 Å². The lowest BCUT2D eigenvalue weighted by Crippen LogP contribution is -2.50. The molecule has 0 aliphatic carbocycles. The molecule has 3 heteroatoms. The number of carbonyl (C=O) groups excluding carboxylic acids is 1. The van der Waals surface area contributed by atoms with Crippen LogP contribution in [0.25, 0.3) is 0 Å². The fourth-order valence-electron chi connectivity index (χ4n) is 3.40. The molecule has 1 aromatic carbocycles. The molecule has 2 unspecified atom stereocenters. The number of hydrogen-bond acceptors (Lipinski definition) is 2. The van der Waals surface area contributed by atoms with Crippen LogP contribution in [0.15, 0.2) is 24.3 Å². The van der Waals surface area contributed by atoms with E-state index in [1.54, 1.807) is 0 Å². The van der Waals surface area contributed by atoms with Crippen molar-refractivity contribution >= 4 is 17.4 Å². The molecule has 2 saturated heterocycles. The van der Waals surface area contributed by atoms with Gasteiger partial charge in [-0.3, -0.25) is 9.69 Å². The Morgan fingerprint density at radius 2 is 2.00 bits per heavy atom. The predicted octanol–water partition coefficient (Wildman–Crippen LogP) is 3.25. The molecule has 96 valence electrons. The van der Waals surface area contributed by atoms with Crippen LogP contribution >= 0.6 is 11.6 Å². The number of fused-ring (bicyclic) bond motifs is 1. The van der Waals surface area contributed by atoms with Gasteiger partial charge in [0.1, 0.15) is 5.78 Å². The molecule has 0 bridgehead atoms. The van der Waals surface area contributed by atoms with Gasteiger partial charge in [0.2, 0.25) is 0 Å². The van der Waals surface area contributed by atoms with E-state index in [0.717, 1.165) is 30.1 Å². The largest absolute Gasteiger partial charge is 0.299 e. The molecule has 2 aliphatic rings. The van der Waals surface area contributed by atoms with Crippen LogP contribution in [0, 0.1) is 0 Å². The van der Waals surface area contributed by atoms with Crippen LogP contribution in [0.3, 0.4) is 0 Å². The minimum absolute atomic E-state index is 0.00671. The van der Waals surface area contributed by atoms with Gasteiger partial charge in [-0.1, -0.05) is 36.2 Å². The van der Waals surface area contributed by atoms with Crippen molar-refractivity contribution in [2.75, 3.05) is 13.1 Å². The first-order valence-corrected chi connectivity index (χ1v) is 7.16. The van der Waals surface area contributed by atoms with Crippen molar-refractivity contribution in [3.63, 3.8) is 0 Å². The topological polar surface area (TPSA) is 20.3 Å². The molecule has 0 amide bonds. The molecule has 2 aliphatic heterocycles. The second-order valence-electron chi connectivity index (χ2n) is 5.31. The molecule has 1 aromatic rings. The molecule has 2 atom stereocenters. The van der Waals surface area contributed by atoms with E-state index in [9.17, 15) is 4.79 Å². The van der Waals surface area contributed by atoms with Crippen molar-refractivity contribution in [2.45, 2.75) is 37.6 Å². The highest BCUT2D eigenvalue weighted by Crippen LogP contribution is 2.37. The molecule has 18 heavy (non-hydrogen) atoms. The molecule has 2 nitrogen and oxygen atoms in total. The monoisotopic (exact) mass is 263 g/mol. The lowest BCUT2D eigenvalue weighted by atomic mass is 9.78. The zero-order chi connectivity index (χ0) is 12.5. The van der Waals surface area contributed by atoms with Gasteiger partial charge in [-0.2, -0.15) is 0 Å². The summed E-state index contributed by atoms with van der Waals surface area (Å²) in [5.41, 5.74) is 1.03. The standard InChI is InChI=1S/C15H18ClNO/c16-12-6-2-1-5-11(12)15-13-7-3-4-9-17(13)10-8-14(15)18/h1-2,5-6,13,15H,3-4,7-10H2. The summed E-state index contributed by atoms with van der Waals surface area (Å²) in [6.07, 6.45) is 4.29. The van der Waals surface area contributed by atoms with Gasteiger partial charge in [0, 0.05) is 24.0 Å². The highest BCUT2D eigenvalue weighted by molar-refractivity contribution is 6.31. The van der Waals surface area contributed by atoms with Gasteiger partial charge in [-0.15, -0.1) is 0 Å². The molecule has 0 aromatic heterocycles. The molecule has 3 rings (SSSR count). The lowest BCUT2D eigenvalue weighted by molar-refractivity contribution is -0.126. The zero-order valence-electron chi connectivity index (χ0n) is 10.4. The van der Waals surface area contributed by atoms with E-state index in [0.29, 0.717) is 18.2 Å². The number of hydrogen-bond donors (Lipinski definition) is 0. The Labute approximate surface area is 113 Å². The number of nitrogens with zero attached hydrogens (tertiary/aromatic N) is 1. The van der Waals surface area contributed by atoms with Crippen LogP contribution in [-0.4, -0.2) is 29.8 Å². The highest BCUT2D eigenvalue weighted by atomic mass is 35.5. The fraction of sp³-hybridized carbons (Fsp3) is 0.533. The van der Waals surface area contributed by atoms with E-state index in [4.69, 9.17) is 11.6 Å². The lowest BCUT2D eigenvalue weighted by Gasteiger charge is -2.43. The average molecular weight is 264 g/mol. The first-order chi connectivity index (χ1) is 8.77. The highest BCUT2D eigenvalue weighted by Gasteiger charge is 2.39. The van der Waals surface area contributed by atoms with Gasteiger partial charge in [0.25, 0.3) is 0 Å². The summed E-state index contributed by atoms with van der Waals surface area (Å²) in [5.74, 6) is 0.360. The summed E-state index contributed by atoms with van der Waals surface area (Å²) >= 11 is 6.28. The average Bonchev–Trinajstić information content (AvgIpc) is 2.40. The van der Waals surface area contributed by atoms with Gasteiger partial charge in [-0.05, 0) is 31.0 Å². The van der Waals surface area contributed by atoms with Crippen LogP contribution in [-0.2, 0) is 4.79 Å². The van der Waals surface area contributed by atoms with Gasteiger partial charge >= 0.3 is 0 Å². The predicted molar refractivity (Wildman–Crippen MR) is 73.0 cm³/mol. The molecule has 0 spiro atoms. The molecule has 0 N–H and O–H groups in total. The number of rotatable bonds is 1. The SMILES string of the molecule is O=C1CCN2CCCCC2C1c1ccccc1Cl.